The van der Waals surface area contributed by atoms with Gasteiger partial charge in [-0.1, -0.05) is 79.9 Å². The first-order chi connectivity index (χ1) is 11.9. The van der Waals surface area contributed by atoms with Crippen molar-refractivity contribution in [3.05, 3.63) is 71.8 Å². The Balaban J connectivity index is 1.79. The predicted octanol–water partition coefficient (Wildman–Crippen LogP) is 4.63. The maximum atomic E-state index is 10.2. The summed E-state index contributed by atoms with van der Waals surface area (Å²) >= 11 is 0. The molecule has 0 radical (unpaired) electrons. The van der Waals surface area contributed by atoms with E-state index in [-0.39, 0.29) is 12.6 Å². The highest BCUT2D eigenvalue weighted by molar-refractivity contribution is 5.17. The van der Waals surface area contributed by atoms with Crippen LogP contribution >= 0.6 is 0 Å². The lowest BCUT2D eigenvalue weighted by molar-refractivity contribution is 0.0531. The minimum Gasteiger partial charge on any atom is -0.395 e. The van der Waals surface area contributed by atoms with Crippen LogP contribution in [0.1, 0.15) is 43.2 Å². The van der Waals surface area contributed by atoms with Gasteiger partial charge in [0.2, 0.25) is 0 Å². The maximum absolute atomic E-state index is 10.2. The molecule has 0 amide bonds. The molecule has 0 aliphatic heterocycles. The molecule has 2 aromatic carbocycles. The predicted molar refractivity (Wildman–Crippen MR) is 99.6 cm³/mol. The molecule has 1 atom stereocenters. The molecule has 128 valence electrons. The third-order valence-electron chi connectivity index (χ3n) is 5.31. The lowest BCUT2D eigenvalue weighted by atomic mass is 9.83. The molecule has 0 heterocycles. The minimum absolute atomic E-state index is 0.254. The van der Waals surface area contributed by atoms with E-state index in [0.29, 0.717) is 5.92 Å². The van der Waals surface area contributed by atoms with Crippen molar-refractivity contribution >= 4 is 0 Å². The fourth-order valence-corrected chi connectivity index (χ4v) is 4.01. The normalized spacial score (nSPS) is 17.1. The molecule has 24 heavy (non-hydrogen) atoms. The van der Waals surface area contributed by atoms with Crippen molar-refractivity contribution in [2.75, 3.05) is 6.61 Å². The van der Waals surface area contributed by atoms with Gasteiger partial charge in [0.25, 0.3) is 0 Å². The standard InChI is InChI=1S/C22H29NO/c24-18-22(21-14-8-3-9-15-21)23(16-19-10-4-1-5-11-19)17-20-12-6-2-7-13-20/h1-2,4-7,10-13,21-22,24H,3,8-9,14-18H2/t22-/m1/s1. The van der Waals surface area contributed by atoms with E-state index in [1.165, 1.54) is 43.2 Å². The van der Waals surface area contributed by atoms with Gasteiger partial charge in [-0.15, -0.1) is 0 Å². The van der Waals surface area contributed by atoms with Crippen molar-refractivity contribution in [2.45, 2.75) is 51.2 Å². The van der Waals surface area contributed by atoms with Crippen molar-refractivity contribution < 1.29 is 5.11 Å². The molecular weight excluding hydrogens is 294 g/mol. The van der Waals surface area contributed by atoms with Gasteiger partial charge >= 0.3 is 0 Å². The Bertz CT molecular complexity index is 536. The van der Waals surface area contributed by atoms with E-state index in [2.05, 4.69) is 65.6 Å². The van der Waals surface area contributed by atoms with E-state index in [9.17, 15) is 5.11 Å². The summed E-state index contributed by atoms with van der Waals surface area (Å²) in [6, 6.07) is 21.5. The van der Waals surface area contributed by atoms with Gasteiger partial charge in [-0.25, -0.2) is 0 Å². The highest BCUT2D eigenvalue weighted by atomic mass is 16.3. The first-order valence-electron chi connectivity index (χ1n) is 9.29. The number of aliphatic hydroxyl groups excluding tert-OH is 1. The molecule has 0 aromatic heterocycles. The topological polar surface area (TPSA) is 23.5 Å². The van der Waals surface area contributed by atoms with Crippen LogP contribution in [-0.2, 0) is 13.1 Å². The summed E-state index contributed by atoms with van der Waals surface area (Å²) in [5.41, 5.74) is 2.64. The van der Waals surface area contributed by atoms with Crippen molar-refractivity contribution in [2.24, 2.45) is 5.92 Å². The molecule has 2 aromatic rings. The van der Waals surface area contributed by atoms with Crippen LogP contribution in [-0.4, -0.2) is 22.7 Å². The van der Waals surface area contributed by atoms with Crippen LogP contribution in [0.15, 0.2) is 60.7 Å². The Morgan fingerprint density at radius 1 is 0.792 bits per heavy atom. The third kappa shape index (κ3) is 4.68. The molecule has 0 bridgehead atoms. The Hall–Kier alpha value is -1.64. The molecule has 1 fully saturated rings. The zero-order valence-electron chi connectivity index (χ0n) is 14.5. The van der Waals surface area contributed by atoms with Gasteiger partial charge in [-0.3, -0.25) is 4.90 Å². The van der Waals surface area contributed by atoms with Crippen LogP contribution < -0.4 is 0 Å². The first-order valence-corrected chi connectivity index (χ1v) is 9.29. The molecule has 2 nitrogen and oxygen atoms in total. The summed E-state index contributed by atoms with van der Waals surface area (Å²) in [5.74, 6) is 0.621. The number of nitrogens with zero attached hydrogens (tertiary/aromatic N) is 1. The zero-order chi connectivity index (χ0) is 16.6. The van der Waals surface area contributed by atoms with E-state index in [0.717, 1.165) is 13.1 Å². The van der Waals surface area contributed by atoms with Gasteiger partial charge in [-0.2, -0.15) is 0 Å². The van der Waals surface area contributed by atoms with Gasteiger partial charge in [0.15, 0.2) is 0 Å². The molecule has 3 rings (SSSR count). The van der Waals surface area contributed by atoms with Gasteiger partial charge in [0.1, 0.15) is 0 Å². The molecule has 1 N–H and O–H groups in total. The summed E-state index contributed by atoms with van der Waals surface area (Å²) < 4.78 is 0. The largest absolute Gasteiger partial charge is 0.395 e. The van der Waals surface area contributed by atoms with Crippen LogP contribution in [0.3, 0.4) is 0 Å². The van der Waals surface area contributed by atoms with Gasteiger partial charge in [-0.05, 0) is 29.9 Å². The lowest BCUT2D eigenvalue weighted by Crippen LogP contribution is -2.43. The fraction of sp³-hybridized carbons (Fsp3) is 0.455. The smallest absolute Gasteiger partial charge is 0.0589 e. The SMILES string of the molecule is OC[C@H](C1CCCCC1)N(Cc1ccccc1)Cc1ccccc1. The van der Waals surface area contributed by atoms with E-state index in [4.69, 9.17) is 0 Å². The second-order valence-electron chi connectivity index (χ2n) is 7.02. The van der Waals surface area contributed by atoms with Crippen LogP contribution in [0.25, 0.3) is 0 Å². The van der Waals surface area contributed by atoms with E-state index in [1.807, 2.05) is 0 Å². The third-order valence-corrected chi connectivity index (χ3v) is 5.31. The number of aliphatic hydroxyl groups is 1. The molecule has 1 saturated carbocycles. The summed E-state index contributed by atoms with van der Waals surface area (Å²) in [6.07, 6.45) is 6.49. The zero-order valence-corrected chi connectivity index (χ0v) is 14.5. The molecule has 1 aliphatic carbocycles. The number of rotatable bonds is 7. The molecule has 1 aliphatic rings. The Kier molecular flexibility index (Phi) is 6.45. The van der Waals surface area contributed by atoms with E-state index < -0.39 is 0 Å². The van der Waals surface area contributed by atoms with Crippen molar-refractivity contribution in [1.29, 1.82) is 0 Å². The fourth-order valence-electron chi connectivity index (χ4n) is 4.01. The summed E-state index contributed by atoms with van der Waals surface area (Å²) in [4.78, 5) is 2.49. The van der Waals surface area contributed by atoms with Crippen LogP contribution in [0.5, 0.6) is 0 Å². The van der Waals surface area contributed by atoms with Gasteiger partial charge in [0, 0.05) is 19.1 Å². The van der Waals surface area contributed by atoms with Gasteiger partial charge in [0.05, 0.1) is 6.61 Å². The minimum atomic E-state index is 0.254. The second-order valence-corrected chi connectivity index (χ2v) is 7.02. The quantitative estimate of drug-likeness (QED) is 0.803. The van der Waals surface area contributed by atoms with Crippen molar-refractivity contribution in [3.63, 3.8) is 0 Å². The Labute approximate surface area is 146 Å². The summed E-state index contributed by atoms with van der Waals surface area (Å²) in [5, 5.41) is 10.2. The van der Waals surface area contributed by atoms with Crippen molar-refractivity contribution in [3.8, 4) is 0 Å². The van der Waals surface area contributed by atoms with E-state index in [1.54, 1.807) is 0 Å². The summed E-state index contributed by atoms with van der Waals surface area (Å²) in [6.45, 7) is 2.05. The van der Waals surface area contributed by atoms with Crippen LogP contribution in [0.2, 0.25) is 0 Å². The Morgan fingerprint density at radius 2 is 1.29 bits per heavy atom. The van der Waals surface area contributed by atoms with Crippen molar-refractivity contribution in [1.82, 2.24) is 4.90 Å². The van der Waals surface area contributed by atoms with Crippen LogP contribution in [0, 0.1) is 5.92 Å². The molecule has 2 heteroatoms. The maximum Gasteiger partial charge on any atom is 0.0589 e. The lowest BCUT2D eigenvalue weighted by Gasteiger charge is -2.38. The molecule has 0 saturated heterocycles. The molecule has 0 spiro atoms. The average molecular weight is 323 g/mol. The monoisotopic (exact) mass is 323 g/mol. The highest BCUT2D eigenvalue weighted by Gasteiger charge is 2.28. The Morgan fingerprint density at radius 3 is 1.75 bits per heavy atom. The molecular formula is C22H29NO. The number of benzene rings is 2. The summed E-state index contributed by atoms with van der Waals surface area (Å²) in [7, 11) is 0. The number of hydrogen-bond acceptors (Lipinski definition) is 2. The first kappa shape index (κ1) is 17.2. The van der Waals surface area contributed by atoms with Gasteiger partial charge < -0.3 is 5.11 Å². The molecule has 0 unspecified atom stereocenters. The number of hydrogen-bond donors (Lipinski definition) is 1. The average Bonchev–Trinajstić information content (AvgIpc) is 2.65. The van der Waals surface area contributed by atoms with Crippen LogP contribution in [0.4, 0.5) is 0 Å². The highest BCUT2D eigenvalue weighted by Crippen LogP contribution is 2.30. The van der Waals surface area contributed by atoms with E-state index >= 15 is 0 Å². The second kappa shape index (κ2) is 9.00.